The van der Waals surface area contributed by atoms with Crippen LogP contribution in [0.1, 0.15) is 23.7 Å². The van der Waals surface area contributed by atoms with Gasteiger partial charge in [0.15, 0.2) is 5.11 Å². The Morgan fingerprint density at radius 2 is 1.84 bits per heavy atom. The SMILES string of the molecule is CSc1ccc([C@@H](CC(=O)O)NC(=S)Nc2nc(C)cc(Nc3ccc(F)cc3)n2)cc1. The molecule has 4 N–H and O–H groups in total. The number of anilines is 3. The molecule has 0 fully saturated rings. The number of hydrogen-bond donors (Lipinski definition) is 4. The summed E-state index contributed by atoms with van der Waals surface area (Å²) in [6.07, 6.45) is 1.83. The van der Waals surface area contributed by atoms with E-state index in [0.29, 0.717) is 17.2 Å². The number of hydrogen-bond acceptors (Lipinski definition) is 6. The fraction of sp³-hybridized carbons (Fsp3) is 0.182. The standard InChI is InChI=1S/C22H22FN5O2S2/c1-13-11-19(25-16-7-5-15(23)6-8-16)27-21(24-13)28-22(31)26-18(12-20(29)30)14-3-9-17(32-2)10-4-14/h3-11,18H,12H2,1-2H3,(H,29,30)(H3,24,25,26,27,28,31)/t18-/m1/s1. The Balaban J connectivity index is 1.71. The van der Waals surface area contributed by atoms with E-state index in [1.165, 1.54) is 12.1 Å². The molecule has 7 nitrogen and oxygen atoms in total. The van der Waals surface area contributed by atoms with E-state index in [1.54, 1.807) is 36.9 Å². The number of carbonyl (C=O) groups is 1. The quantitative estimate of drug-likeness (QED) is 0.270. The van der Waals surface area contributed by atoms with Crippen molar-refractivity contribution in [2.45, 2.75) is 24.3 Å². The van der Waals surface area contributed by atoms with Crippen molar-refractivity contribution in [3.05, 3.63) is 71.7 Å². The van der Waals surface area contributed by atoms with E-state index in [4.69, 9.17) is 12.2 Å². The second-order valence-corrected chi connectivity index (χ2v) is 8.16. The van der Waals surface area contributed by atoms with Gasteiger partial charge in [-0.3, -0.25) is 4.79 Å². The molecule has 0 amide bonds. The summed E-state index contributed by atoms with van der Waals surface area (Å²) in [6, 6.07) is 14.7. The first kappa shape index (κ1) is 23.4. The summed E-state index contributed by atoms with van der Waals surface area (Å²) < 4.78 is 13.1. The number of benzene rings is 2. The Morgan fingerprint density at radius 3 is 2.47 bits per heavy atom. The van der Waals surface area contributed by atoms with Crippen LogP contribution in [0.25, 0.3) is 0 Å². The van der Waals surface area contributed by atoms with Crippen molar-refractivity contribution < 1.29 is 14.3 Å². The van der Waals surface area contributed by atoms with Gasteiger partial charge < -0.3 is 21.1 Å². The van der Waals surface area contributed by atoms with Crippen LogP contribution < -0.4 is 16.0 Å². The zero-order chi connectivity index (χ0) is 23.1. The molecule has 3 rings (SSSR count). The highest BCUT2D eigenvalue weighted by Gasteiger charge is 2.17. The summed E-state index contributed by atoms with van der Waals surface area (Å²) in [5.41, 5.74) is 2.16. The molecule has 0 radical (unpaired) electrons. The van der Waals surface area contributed by atoms with Crippen LogP contribution in [-0.2, 0) is 4.79 Å². The summed E-state index contributed by atoms with van der Waals surface area (Å²) in [4.78, 5) is 21.2. The molecule has 1 atom stereocenters. The topological polar surface area (TPSA) is 99.2 Å². The molecule has 0 saturated heterocycles. The average Bonchev–Trinajstić information content (AvgIpc) is 2.74. The first-order chi connectivity index (χ1) is 15.3. The lowest BCUT2D eigenvalue weighted by atomic mass is 10.0. The maximum Gasteiger partial charge on any atom is 0.305 e. The summed E-state index contributed by atoms with van der Waals surface area (Å²) in [7, 11) is 0. The number of aromatic nitrogens is 2. The highest BCUT2D eigenvalue weighted by molar-refractivity contribution is 7.98. The monoisotopic (exact) mass is 471 g/mol. The van der Waals surface area contributed by atoms with Gasteiger partial charge >= 0.3 is 5.97 Å². The van der Waals surface area contributed by atoms with Crippen LogP contribution in [0.3, 0.4) is 0 Å². The molecule has 166 valence electrons. The first-order valence-electron chi connectivity index (χ1n) is 9.64. The van der Waals surface area contributed by atoms with Crippen LogP contribution in [0, 0.1) is 12.7 Å². The van der Waals surface area contributed by atoms with Crippen molar-refractivity contribution in [1.29, 1.82) is 0 Å². The Labute approximate surface area is 194 Å². The fourth-order valence-electron chi connectivity index (χ4n) is 2.93. The van der Waals surface area contributed by atoms with Gasteiger partial charge in [0.25, 0.3) is 0 Å². The van der Waals surface area contributed by atoms with Crippen LogP contribution in [-0.4, -0.2) is 32.4 Å². The number of carboxylic acids is 1. The Morgan fingerprint density at radius 1 is 1.16 bits per heavy atom. The summed E-state index contributed by atoms with van der Waals surface area (Å²) in [5, 5.41) is 18.6. The number of rotatable bonds is 8. The molecule has 2 aromatic carbocycles. The van der Waals surface area contributed by atoms with Crippen LogP contribution in [0.2, 0.25) is 0 Å². The van der Waals surface area contributed by atoms with Crippen LogP contribution in [0.4, 0.5) is 21.8 Å². The molecule has 0 spiro atoms. The number of nitrogens with one attached hydrogen (secondary N) is 3. The highest BCUT2D eigenvalue weighted by Crippen LogP contribution is 2.22. The molecule has 0 unspecified atom stereocenters. The van der Waals surface area contributed by atoms with E-state index in [-0.39, 0.29) is 23.3 Å². The minimum Gasteiger partial charge on any atom is -0.481 e. The van der Waals surface area contributed by atoms with Gasteiger partial charge in [-0.25, -0.2) is 9.37 Å². The summed E-state index contributed by atoms with van der Waals surface area (Å²) in [6.45, 7) is 1.81. The molecule has 1 heterocycles. The molecule has 0 aliphatic carbocycles. The van der Waals surface area contributed by atoms with E-state index in [2.05, 4.69) is 25.9 Å². The number of thioether (sulfide) groups is 1. The number of nitrogens with zero attached hydrogens (tertiary/aromatic N) is 2. The molecule has 0 aliphatic heterocycles. The number of aryl methyl sites for hydroxylation is 1. The van der Waals surface area contributed by atoms with Gasteiger partial charge in [0.05, 0.1) is 12.5 Å². The highest BCUT2D eigenvalue weighted by atomic mass is 32.2. The van der Waals surface area contributed by atoms with Crippen molar-refractivity contribution in [2.75, 3.05) is 16.9 Å². The fourth-order valence-corrected chi connectivity index (χ4v) is 3.57. The number of aliphatic carboxylic acids is 1. The zero-order valence-electron chi connectivity index (χ0n) is 17.4. The minimum absolute atomic E-state index is 0.146. The maximum atomic E-state index is 13.1. The largest absolute Gasteiger partial charge is 0.481 e. The molecule has 10 heteroatoms. The summed E-state index contributed by atoms with van der Waals surface area (Å²) in [5.74, 6) is -0.521. The van der Waals surface area contributed by atoms with E-state index < -0.39 is 12.0 Å². The van der Waals surface area contributed by atoms with Crippen molar-refractivity contribution in [3.63, 3.8) is 0 Å². The second-order valence-electron chi connectivity index (χ2n) is 6.87. The van der Waals surface area contributed by atoms with Gasteiger partial charge in [-0.1, -0.05) is 12.1 Å². The number of thiocarbonyl (C=S) groups is 1. The van der Waals surface area contributed by atoms with E-state index in [9.17, 15) is 14.3 Å². The third-order valence-corrected chi connectivity index (χ3v) is 5.36. The van der Waals surface area contributed by atoms with Gasteiger partial charge in [-0.05, 0) is 67.4 Å². The van der Waals surface area contributed by atoms with Gasteiger partial charge in [0.2, 0.25) is 5.95 Å². The van der Waals surface area contributed by atoms with E-state index >= 15 is 0 Å². The lowest BCUT2D eigenvalue weighted by Crippen LogP contribution is -2.34. The van der Waals surface area contributed by atoms with Crippen molar-refractivity contribution in [2.24, 2.45) is 0 Å². The van der Waals surface area contributed by atoms with Crippen molar-refractivity contribution in [3.8, 4) is 0 Å². The van der Waals surface area contributed by atoms with Gasteiger partial charge in [-0.2, -0.15) is 4.98 Å². The smallest absolute Gasteiger partial charge is 0.305 e. The van der Waals surface area contributed by atoms with Gasteiger partial charge in [-0.15, -0.1) is 11.8 Å². The molecule has 0 saturated carbocycles. The lowest BCUT2D eigenvalue weighted by Gasteiger charge is -2.20. The zero-order valence-corrected chi connectivity index (χ0v) is 19.1. The van der Waals surface area contributed by atoms with Crippen molar-refractivity contribution in [1.82, 2.24) is 15.3 Å². The molecule has 32 heavy (non-hydrogen) atoms. The van der Waals surface area contributed by atoms with Crippen LogP contribution in [0.15, 0.2) is 59.5 Å². The van der Waals surface area contributed by atoms with Crippen molar-refractivity contribution >= 4 is 52.5 Å². The third-order valence-electron chi connectivity index (χ3n) is 4.40. The summed E-state index contributed by atoms with van der Waals surface area (Å²) >= 11 is 6.99. The Kier molecular flexibility index (Phi) is 7.96. The molecule has 3 aromatic rings. The molecule has 1 aromatic heterocycles. The number of carboxylic acid groups (broad SMARTS) is 1. The third kappa shape index (κ3) is 6.89. The predicted molar refractivity (Wildman–Crippen MR) is 129 cm³/mol. The predicted octanol–water partition coefficient (Wildman–Crippen LogP) is 4.89. The molecular formula is C22H22FN5O2S2. The molecule has 0 bridgehead atoms. The molecular weight excluding hydrogens is 449 g/mol. The maximum absolute atomic E-state index is 13.1. The van der Waals surface area contributed by atoms with Gasteiger partial charge in [0.1, 0.15) is 11.6 Å². The Hall–Kier alpha value is -3.24. The number of halogens is 1. The molecule has 0 aliphatic rings. The second kappa shape index (κ2) is 10.9. The first-order valence-corrected chi connectivity index (χ1v) is 11.3. The average molecular weight is 472 g/mol. The minimum atomic E-state index is -0.947. The van der Waals surface area contributed by atoms with Gasteiger partial charge in [0, 0.05) is 22.3 Å². The van der Waals surface area contributed by atoms with Crippen LogP contribution >= 0.6 is 24.0 Å². The van der Waals surface area contributed by atoms with Crippen LogP contribution in [0.5, 0.6) is 0 Å². The lowest BCUT2D eigenvalue weighted by molar-refractivity contribution is -0.137. The van der Waals surface area contributed by atoms with E-state index in [1.807, 2.05) is 30.5 Å². The normalized spacial score (nSPS) is 11.5. The van der Waals surface area contributed by atoms with E-state index in [0.717, 1.165) is 10.5 Å². The Bertz CT molecular complexity index is 1090.